The average Bonchev–Trinajstić information content (AvgIpc) is 2.13. The van der Waals surface area contributed by atoms with E-state index in [1.165, 1.54) is 4.90 Å². The molecule has 104 valence electrons. The van der Waals surface area contributed by atoms with E-state index in [1.807, 2.05) is 13.8 Å². The third kappa shape index (κ3) is 10.6. The Morgan fingerprint density at radius 1 is 1.18 bits per heavy atom. The van der Waals surface area contributed by atoms with Crippen LogP contribution in [0, 0.1) is 5.92 Å². The van der Waals surface area contributed by atoms with Gasteiger partial charge in [0, 0.05) is 12.6 Å². The van der Waals surface area contributed by atoms with Crippen LogP contribution in [0.15, 0.2) is 0 Å². The molecule has 0 aliphatic heterocycles. The highest BCUT2D eigenvalue weighted by Crippen LogP contribution is 2.18. The molecule has 2 nitrogen and oxygen atoms in total. The van der Waals surface area contributed by atoms with Gasteiger partial charge in [-0.2, -0.15) is 13.2 Å². The Bertz CT molecular complexity index is 193. The molecular weight excluding hydrogens is 229 g/mol. The lowest BCUT2D eigenvalue weighted by Crippen LogP contribution is -2.37. The minimum absolute atomic E-state index is 0.180. The van der Waals surface area contributed by atoms with E-state index in [9.17, 15) is 13.2 Å². The first kappa shape index (κ1) is 16.7. The molecule has 5 heteroatoms. The van der Waals surface area contributed by atoms with Gasteiger partial charge in [0.1, 0.15) is 0 Å². The fraction of sp³-hybridized carbons (Fsp3) is 1.00. The Morgan fingerprint density at radius 3 is 2.18 bits per heavy atom. The van der Waals surface area contributed by atoms with E-state index in [4.69, 9.17) is 5.73 Å². The van der Waals surface area contributed by atoms with E-state index in [0.717, 1.165) is 19.3 Å². The Hall–Kier alpha value is -0.290. The van der Waals surface area contributed by atoms with Gasteiger partial charge in [-0.3, -0.25) is 4.90 Å². The van der Waals surface area contributed by atoms with E-state index in [-0.39, 0.29) is 12.0 Å². The largest absolute Gasteiger partial charge is 0.401 e. The number of nitrogens with two attached hydrogens (primary N) is 1. The first-order chi connectivity index (χ1) is 7.74. The number of nitrogens with zero attached hydrogens (tertiary/aromatic N) is 1. The smallest absolute Gasteiger partial charge is 0.328 e. The second-order valence-corrected chi connectivity index (χ2v) is 4.96. The van der Waals surface area contributed by atoms with Crippen LogP contribution in [-0.4, -0.2) is 36.8 Å². The first-order valence-electron chi connectivity index (χ1n) is 6.29. The molecule has 0 spiro atoms. The zero-order valence-electron chi connectivity index (χ0n) is 11.1. The summed E-state index contributed by atoms with van der Waals surface area (Å²) in [6.07, 6.45) is -1.23. The fourth-order valence-corrected chi connectivity index (χ4v) is 1.88. The lowest BCUT2D eigenvalue weighted by Gasteiger charge is -2.25. The van der Waals surface area contributed by atoms with Crippen LogP contribution in [0.25, 0.3) is 0 Å². The zero-order valence-corrected chi connectivity index (χ0v) is 11.1. The summed E-state index contributed by atoms with van der Waals surface area (Å²) in [5.41, 5.74) is 5.63. The fourth-order valence-electron chi connectivity index (χ4n) is 1.88. The van der Waals surface area contributed by atoms with Gasteiger partial charge < -0.3 is 5.73 Å². The molecule has 0 saturated carbocycles. The first-order valence-corrected chi connectivity index (χ1v) is 6.29. The van der Waals surface area contributed by atoms with Crippen molar-refractivity contribution in [2.75, 3.05) is 19.6 Å². The third-order valence-electron chi connectivity index (χ3n) is 2.78. The highest BCUT2D eigenvalue weighted by Gasteiger charge is 2.30. The van der Waals surface area contributed by atoms with E-state index in [2.05, 4.69) is 0 Å². The minimum Gasteiger partial charge on any atom is -0.328 e. The van der Waals surface area contributed by atoms with Crippen molar-refractivity contribution in [2.45, 2.75) is 52.3 Å². The van der Waals surface area contributed by atoms with Gasteiger partial charge in [0.2, 0.25) is 0 Å². The van der Waals surface area contributed by atoms with Gasteiger partial charge in [0.15, 0.2) is 0 Å². The Balaban J connectivity index is 3.86. The lowest BCUT2D eigenvalue weighted by molar-refractivity contribution is -0.146. The number of hydrogen-bond acceptors (Lipinski definition) is 2. The van der Waals surface area contributed by atoms with Gasteiger partial charge >= 0.3 is 6.18 Å². The Labute approximate surface area is 102 Å². The molecule has 0 aliphatic rings. The predicted molar refractivity (Wildman–Crippen MR) is 64.8 cm³/mol. The van der Waals surface area contributed by atoms with E-state index < -0.39 is 12.7 Å². The molecule has 0 aromatic rings. The van der Waals surface area contributed by atoms with Crippen molar-refractivity contribution in [1.29, 1.82) is 0 Å². The SMILES string of the molecule is CCN(CC(C)CCCC(C)N)CC(F)(F)F. The Kier molecular flexibility index (Phi) is 7.79. The molecule has 0 heterocycles. The molecule has 2 N–H and O–H groups in total. The summed E-state index contributed by atoms with van der Waals surface area (Å²) in [4.78, 5) is 1.45. The van der Waals surface area contributed by atoms with Crippen molar-refractivity contribution in [3.63, 3.8) is 0 Å². The molecule has 17 heavy (non-hydrogen) atoms. The minimum atomic E-state index is -4.10. The maximum absolute atomic E-state index is 12.2. The van der Waals surface area contributed by atoms with Crippen molar-refractivity contribution in [3.05, 3.63) is 0 Å². The van der Waals surface area contributed by atoms with Gasteiger partial charge in [-0.05, 0) is 32.2 Å². The molecule has 0 aliphatic carbocycles. The van der Waals surface area contributed by atoms with Gasteiger partial charge in [0.25, 0.3) is 0 Å². The van der Waals surface area contributed by atoms with Crippen LogP contribution in [0.3, 0.4) is 0 Å². The highest BCUT2D eigenvalue weighted by molar-refractivity contribution is 4.66. The summed E-state index contributed by atoms with van der Waals surface area (Å²) in [5.74, 6) is 0.288. The van der Waals surface area contributed by atoms with Crippen LogP contribution in [0.2, 0.25) is 0 Å². The quantitative estimate of drug-likeness (QED) is 0.721. The monoisotopic (exact) mass is 254 g/mol. The molecule has 0 amide bonds. The molecule has 0 fully saturated rings. The van der Waals surface area contributed by atoms with Gasteiger partial charge in [0.05, 0.1) is 6.54 Å². The summed E-state index contributed by atoms with van der Waals surface area (Å²) in [6, 6.07) is 0.180. The molecule has 0 saturated heterocycles. The number of hydrogen-bond donors (Lipinski definition) is 1. The number of rotatable bonds is 8. The molecule has 0 bridgehead atoms. The van der Waals surface area contributed by atoms with Crippen LogP contribution in [0.5, 0.6) is 0 Å². The molecule has 0 aromatic carbocycles. The molecular formula is C12H25F3N2. The maximum Gasteiger partial charge on any atom is 0.401 e. The van der Waals surface area contributed by atoms with Crippen LogP contribution in [-0.2, 0) is 0 Å². The topological polar surface area (TPSA) is 29.3 Å². The van der Waals surface area contributed by atoms with Crippen molar-refractivity contribution in [1.82, 2.24) is 4.90 Å². The van der Waals surface area contributed by atoms with Gasteiger partial charge in [-0.25, -0.2) is 0 Å². The second kappa shape index (κ2) is 7.93. The van der Waals surface area contributed by atoms with Crippen LogP contribution >= 0.6 is 0 Å². The van der Waals surface area contributed by atoms with Crippen LogP contribution in [0.1, 0.15) is 40.0 Å². The van der Waals surface area contributed by atoms with Crippen molar-refractivity contribution < 1.29 is 13.2 Å². The summed E-state index contributed by atoms with van der Waals surface area (Å²) < 4.78 is 36.7. The summed E-state index contributed by atoms with van der Waals surface area (Å²) in [7, 11) is 0. The Morgan fingerprint density at radius 2 is 1.76 bits per heavy atom. The molecule has 2 atom stereocenters. The predicted octanol–water partition coefficient (Wildman–Crippen LogP) is 3.02. The summed E-state index contributed by atoms with van der Waals surface area (Å²) in [6.45, 7) is 5.86. The van der Waals surface area contributed by atoms with Crippen molar-refractivity contribution >= 4 is 0 Å². The van der Waals surface area contributed by atoms with Crippen molar-refractivity contribution in [2.24, 2.45) is 11.7 Å². The van der Waals surface area contributed by atoms with Gasteiger partial charge in [-0.15, -0.1) is 0 Å². The summed E-state index contributed by atoms with van der Waals surface area (Å²) >= 11 is 0. The van der Waals surface area contributed by atoms with E-state index >= 15 is 0 Å². The van der Waals surface area contributed by atoms with Crippen LogP contribution < -0.4 is 5.73 Å². The maximum atomic E-state index is 12.2. The highest BCUT2D eigenvalue weighted by atomic mass is 19.4. The average molecular weight is 254 g/mol. The van der Waals surface area contributed by atoms with Gasteiger partial charge in [-0.1, -0.05) is 20.3 Å². The van der Waals surface area contributed by atoms with E-state index in [0.29, 0.717) is 13.1 Å². The second-order valence-electron chi connectivity index (χ2n) is 4.96. The zero-order chi connectivity index (χ0) is 13.5. The standard InChI is InChI=1S/C12H25F3N2/c1-4-17(9-12(13,14)15)8-10(2)6-5-7-11(3)16/h10-11H,4-9,16H2,1-3H3. The van der Waals surface area contributed by atoms with E-state index in [1.54, 1.807) is 6.92 Å². The summed E-state index contributed by atoms with van der Waals surface area (Å²) in [5, 5.41) is 0. The van der Waals surface area contributed by atoms with Crippen LogP contribution in [0.4, 0.5) is 13.2 Å². The normalized spacial score (nSPS) is 16.2. The molecule has 0 radical (unpaired) electrons. The molecule has 0 rings (SSSR count). The molecule has 0 aromatic heterocycles. The molecule has 2 unspecified atom stereocenters. The van der Waals surface area contributed by atoms with Crippen molar-refractivity contribution in [3.8, 4) is 0 Å². The third-order valence-corrected chi connectivity index (χ3v) is 2.78. The number of alkyl halides is 3. The lowest BCUT2D eigenvalue weighted by atomic mass is 10.0. The number of halogens is 3.